The van der Waals surface area contributed by atoms with E-state index < -0.39 is 0 Å². The Hall–Kier alpha value is -3.86. The van der Waals surface area contributed by atoms with Crippen molar-refractivity contribution in [2.24, 2.45) is 5.92 Å². The van der Waals surface area contributed by atoms with Gasteiger partial charge in [-0.05, 0) is 111 Å². The fourth-order valence-electron chi connectivity index (χ4n) is 5.18. The Morgan fingerprint density at radius 3 is 2.56 bits per heavy atom. The van der Waals surface area contributed by atoms with Gasteiger partial charge in [0.1, 0.15) is 11.5 Å². The summed E-state index contributed by atoms with van der Waals surface area (Å²) in [5.74, 6) is 1.98. The molecule has 0 radical (unpaired) electrons. The SMILES string of the molecule is C=CCCCC1C=CC(C(=O)N[C@@H]2C=CC(OC3=CCCC(CNC(=O)c4ccc(CCCC)cc4)=C3)=CC2)=CC1. The van der Waals surface area contributed by atoms with E-state index in [1.807, 2.05) is 60.7 Å². The van der Waals surface area contributed by atoms with Crippen LogP contribution < -0.4 is 10.6 Å². The van der Waals surface area contributed by atoms with Crippen LogP contribution in [0.25, 0.3) is 0 Å². The molecular weight excluding hydrogens is 508 g/mol. The van der Waals surface area contributed by atoms with E-state index in [1.54, 1.807) is 0 Å². The van der Waals surface area contributed by atoms with Gasteiger partial charge in [-0.1, -0.05) is 55.9 Å². The Morgan fingerprint density at radius 2 is 1.85 bits per heavy atom. The molecule has 0 saturated carbocycles. The van der Waals surface area contributed by atoms with Crippen molar-refractivity contribution < 1.29 is 14.3 Å². The molecule has 2 amide bonds. The van der Waals surface area contributed by atoms with Crippen LogP contribution in [0, 0.1) is 5.92 Å². The number of amides is 2. The van der Waals surface area contributed by atoms with Gasteiger partial charge in [0.05, 0.1) is 6.04 Å². The summed E-state index contributed by atoms with van der Waals surface area (Å²) in [4.78, 5) is 25.4. The topological polar surface area (TPSA) is 67.4 Å². The van der Waals surface area contributed by atoms with Crippen LogP contribution in [0.3, 0.4) is 0 Å². The number of benzene rings is 1. The van der Waals surface area contributed by atoms with E-state index in [4.69, 9.17) is 4.74 Å². The molecule has 4 rings (SSSR count). The van der Waals surface area contributed by atoms with E-state index in [-0.39, 0.29) is 17.9 Å². The summed E-state index contributed by atoms with van der Waals surface area (Å²) in [6.45, 7) is 6.46. The number of carbonyl (C=O) groups is 2. The van der Waals surface area contributed by atoms with Gasteiger partial charge in [0.15, 0.2) is 0 Å². The van der Waals surface area contributed by atoms with E-state index >= 15 is 0 Å². The molecule has 41 heavy (non-hydrogen) atoms. The maximum atomic E-state index is 12.7. The lowest BCUT2D eigenvalue weighted by Crippen LogP contribution is -2.35. The van der Waals surface area contributed by atoms with E-state index in [0.29, 0.717) is 24.4 Å². The van der Waals surface area contributed by atoms with Gasteiger partial charge in [-0.3, -0.25) is 9.59 Å². The first-order valence-electron chi connectivity index (χ1n) is 15.2. The summed E-state index contributed by atoms with van der Waals surface area (Å²) in [6.07, 6.45) is 28.2. The molecule has 0 bridgehead atoms. The van der Waals surface area contributed by atoms with Gasteiger partial charge < -0.3 is 15.4 Å². The van der Waals surface area contributed by atoms with Crippen LogP contribution in [0.15, 0.2) is 108 Å². The molecule has 0 spiro atoms. The van der Waals surface area contributed by atoms with Gasteiger partial charge >= 0.3 is 0 Å². The van der Waals surface area contributed by atoms with Gasteiger partial charge in [-0.25, -0.2) is 0 Å². The quantitative estimate of drug-likeness (QED) is 0.185. The Balaban J connectivity index is 1.19. The Kier molecular flexibility index (Phi) is 11.6. The number of ether oxygens (including phenoxy) is 1. The molecule has 5 heteroatoms. The van der Waals surface area contributed by atoms with Crippen LogP contribution in [0.4, 0.5) is 0 Å². The predicted molar refractivity (Wildman–Crippen MR) is 167 cm³/mol. The van der Waals surface area contributed by atoms with Gasteiger partial charge in [0.2, 0.25) is 0 Å². The van der Waals surface area contributed by atoms with Gasteiger partial charge in [0, 0.05) is 17.7 Å². The second-order valence-electron chi connectivity index (χ2n) is 11.0. The minimum Gasteiger partial charge on any atom is -0.458 e. The van der Waals surface area contributed by atoms with Crippen molar-refractivity contribution in [1.82, 2.24) is 10.6 Å². The molecule has 0 heterocycles. The van der Waals surface area contributed by atoms with Crippen molar-refractivity contribution in [3.63, 3.8) is 0 Å². The van der Waals surface area contributed by atoms with Crippen molar-refractivity contribution in [3.05, 3.63) is 119 Å². The summed E-state index contributed by atoms with van der Waals surface area (Å²) in [5.41, 5.74) is 3.84. The number of carbonyl (C=O) groups excluding carboxylic acids is 2. The van der Waals surface area contributed by atoms with Crippen LogP contribution in [0.5, 0.6) is 0 Å². The lowest BCUT2D eigenvalue weighted by atomic mass is 9.91. The first-order valence-corrected chi connectivity index (χ1v) is 15.2. The molecule has 1 aromatic carbocycles. The van der Waals surface area contributed by atoms with Crippen LogP contribution in [0.1, 0.15) is 80.6 Å². The highest BCUT2D eigenvalue weighted by atomic mass is 16.5. The summed E-state index contributed by atoms with van der Waals surface area (Å²) >= 11 is 0. The summed E-state index contributed by atoms with van der Waals surface area (Å²) in [5, 5.41) is 6.16. The van der Waals surface area contributed by atoms with Gasteiger partial charge in [-0.15, -0.1) is 6.58 Å². The van der Waals surface area contributed by atoms with E-state index in [2.05, 4.69) is 42.4 Å². The third-order valence-electron chi connectivity index (χ3n) is 7.72. The number of unbranched alkanes of at least 4 members (excludes halogenated alkanes) is 2. The van der Waals surface area contributed by atoms with Crippen LogP contribution >= 0.6 is 0 Å². The second kappa shape index (κ2) is 15.8. The minimum absolute atomic E-state index is 0.0322. The number of hydrogen-bond donors (Lipinski definition) is 2. The average Bonchev–Trinajstić information content (AvgIpc) is 3.01. The van der Waals surface area contributed by atoms with E-state index in [9.17, 15) is 9.59 Å². The molecule has 5 nitrogen and oxygen atoms in total. The zero-order chi connectivity index (χ0) is 28.9. The molecule has 2 N–H and O–H groups in total. The second-order valence-corrected chi connectivity index (χ2v) is 11.0. The number of allylic oxidation sites excluding steroid dienone is 6. The number of aryl methyl sites for hydroxylation is 1. The Bertz CT molecular complexity index is 1260. The van der Waals surface area contributed by atoms with Crippen molar-refractivity contribution in [1.29, 1.82) is 0 Å². The number of hydrogen-bond acceptors (Lipinski definition) is 3. The summed E-state index contributed by atoms with van der Waals surface area (Å²) in [7, 11) is 0. The summed E-state index contributed by atoms with van der Waals surface area (Å²) in [6, 6.07) is 7.86. The maximum absolute atomic E-state index is 12.7. The normalized spacial score (nSPS) is 19.8. The minimum atomic E-state index is -0.0585. The van der Waals surface area contributed by atoms with Crippen molar-refractivity contribution in [2.45, 2.75) is 77.2 Å². The lowest BCUT2D eigenvalue weighted by Gasteiger charge is -2.21. The molecule has 1 aromatic rings. The molecule has 1 unspecified atom stereocenters. The van der Waals surface area contributed by atoms with Crippen molar-refractivity contribution in [3.8, 4) is 0 Å². The lowest BCUT2D eigenvalue weighted by molar-refractivity contribution is -0.117. The first kappa shape index (κ1) is 30.1. The van der Waals surface area contributed by atoms with Crippen molar-refractivity contribution >= 4 is 11.8 Å². The molecule has 0 saturated heterocycles. The van der Waals surface area contributed by atoms with Gasteiger partial charge in [0.25, 0.3) is 11.8 Å². The molecule has 216 valence electrons. The first-order chi connectivity index (χ1) is 20.0. The van der Waals surface area contributed by atoms with Crippen molar-refractivity contribution in [2.75, 3.05) is 6.54 Å². The standard InChI is InChI=1S/C36H44N2O3/c1-3-5-7-10-28-15-19-31(20-16-28)36(40)38-32-21-23-33(24-22-32)41-34-12-8-11-29(25-34)26-37-35(39)30-17-13-27(14-18-30)9-6-4-2/h3,12-15,17-21,23-25,28,32H,1,4-11,16,22,26H2,2H3,(H,37,39)(H,38,40)/t28?,32-/m1/s1. The third-order valence-corrected chi connectivity index (χ3v) is 7.72. The molecule has 2 atom stereocenters. The fraction of sp³-hybridized carbons (Fsp3) is 0.389. The van der Waals surface area contributed by atoms with Crippen LogP contribution in [-0.2, 0) is 16.0 Å². The molecule has 0 aliphatic heterocycles. The largest absolute Gasteiger partial charge is 0.458 e. The predicted octanol–water partition coefficient (Wildman–Crippen LogP) is 7.57. The zero-order valence-corrected chi connectivity index (χ0v) is 24.4. The van der Waals surface area contributed by atoms with Gasteiger partial charge in [-0.2, -0.15) is 0 Å². The number of nitrogens with one attached hydrogen (secondary N) is 2. The zero-order valence-electron chi connectivity index (χ0n) is 24.4. The van der Waals surface area contributed by atoms with E-state index in [1.165, 1.54) is 5.56 Å². The van der Waals surface area contributed by atoms with E-state index in [0.717, 1.165) is 80.5 Å². The Labute approximate surface area is 245 Å². The highest BCUT2D eigenvalue weighted by molar-refractivity contribution is 5.96. The third kappa shape index (κ3) is 9.63. The average molecular weight is 553 g/mol. The summed E-state index contributed by atoms with van der Waals surface area (Å²) < 4.78 is 6.13. The highest BCUT2D eigenvalue weighted by Crippen LogP contribution is 2.24. The smallest absolute Gasteiger partial charge is 0.251 e. The molecule has 3 aliphatic rings. The Morgan fingerprint density at radius 1 is 1.00 bits per heavy atom. The fourth-order valence-corrected chi connectivity index (χ4v) is 5.18. The monoisotopic (exact) mass is 552 g/mol. The molecule has 3 aliphatic carbocycles. The maximum Gasteiger partial charge on any atom is 0.251 e. The molecular formula is C36H44N2O3. The highest BCUT2D eigenvalue weighted by Gasteiger charge is 2.18. The molecule has 0 fully saturated rings. The molecule has 0 aromatic heterocycles. The number of rotatable bonds is 14. The van der Waals surface area contributed by atoms with Crippen LogP contribution in [-0.4, -0.2) is 24.4 Å². The van der Waals surface area contributed by atoms with Crippen LogP contribution in [0.2, 0.25) is 0 Å².